The van der Waals surface area contributed by atoms with Crippen molar-refractivity contribution in [3.63, 3.8) is 0 Å². The van der Waals surface area contributed by atoms with E-state index in [2.05, 4.69) is 0 Å². The first-order valence-corrected chi connectivity index (χ1v) is 9.38. The molecule has 2 aromatic rings. The van der Waals surface area contributed by atoms with Gasteiger partial charge in [0.05, 0.1) is 9.79 Å². The molecule has 0 radical (unpaired) electrons. The highest BCUT2D eigenvalue weighted by Gasteiger charge is 2.26. The Labute approximate surface area is 155 Å². The van der Waals surface area contributed by atoms with E-state index in [4.69, 9.17) is 14.6 Å². The molecule has 0 aliphatic carbocycles. The van der Waals surface area contributed by atoms with Gasteiger partial charge >= 0.3 is 11.9 Å². The monoisotopic (exact) mass is 394 g/mol. The first kappa shape index (κ1) is 20.2. The lowest BCUT2D eigenvalue weighted by Gasteiger charge is -2.17. The van der Waals surface area contributed by atoms with Crippen molar-refractivity contribution in [2.75, 3.05) is 0 Å². The fraction of sp³-hybridized carbons (Fsp3) is 0.222. The molecule has 1 atom stereocenters. The summed E-state index contributed by atoms with van der Waals surface area (Å²) >= 11 is 0. The number of esters is 1. The van der Waals surface area contributed by atoms with Gasteiger partial charge in [0.25, 0.3) is 0 Å². The number of benzene rings is 2. The maximum absolute atomic E-state index is 10.8. The molecule has 0 saturated heterocycles. The van der Waals surface area contributed by atoms with Crippen molar-refractivity contribution in [2.45, 2.75) is 36.3 Å². The molecule has 0 amide bonds. The second kappa shape index (κ2) is 8.09. The third kappa shape index (κ3) is 4.76. The lowest BCUT2D eigenvalue weighted by atomic mass is 10.2. The Kier molecular flexibility index (Phi) is 6.06. The van der Waals surface area contributed by atoms with Crippen molar-refractivity contribution >= 4 is 21.8 Å². The third-order valence-electron chi connectivity index (χ3n) is 3.52. The van der Waals surface area contributed by atoms with E-state index in [9.17, 15) is 23.1 Å². The van der Waals surface area contributed by atoms with Crippen LogP contribution in [0.2, 0.25) is 0 Å². The van der Waals surface area contributed by atoms with Crippen molar-refractivity contribution in [3.8, 4) is 11.5 Å². The minimum Gasteiger partial charge on any atom is -0.507 e. The number of aromatic carboxylic acids is 1. The van der Waals surface area contributed by atoms with Crippen molar-refractivity contribution in [3.05, 3.63) is 48.0 Å². The summed E-state index contributed by atoms with van der Waals surface area (Å²) in [5.41, 5.74) is -0.273. The molecule has 0 fully saturated rings. The minimum atomic E-state index is -2.93. The number of aromatic hydroxyl groups is 1. The topological polar surface area (TPSA) is 127 Å². The molecule has 0 aromatic heterocycles. The first-order chi connectivity index (χ1) is 12.6. The highest BCUT2D eigenvalue weighted by Crippen LogP contribution is 2.30. The summed E-state index contributed by atoms with van der Waals surface area (Å²) in [6, 6.07) is 10.4. The molecule has 9 heteroatoms. The molecule has 0 saturated carbocycles. The Morgan fingerprint density at radius 2 is 1.74 bits per heavy atom. The molecule has 2 N–H and O–H groups in total. The second-order valence-electron chi connectivity index (χ2n) is 5.53. The number of hydrogen-bond acceptors (Lipinski definition) is 7. The van der Waals surface area contributed by atoms with E-state index in [1.54, 1.807) is 31.2 Å². The molecule has 0 spiro atoms. The van der Waals surface area contributed by atoms with Gasteiger partial charge in [-0.05, 0) is 36.4 Å². The van der Waals surface area contributed by atoms with Crippen molar-refractivity contribution < 1.29 is 37.7 Å². The van der Waals surface area contributed by atoms with E-state index in [0.717, 1.165) is 0 Å². The highest BCUT2D eigenvalue weighted by molar-refractivity contribution is 7.92. The molecular formula is C18H18O8S. The average molecular weight is 394 g/mol. The van der Waals surface area contributed by atoms with Crippen LogP contribution in [0.5, 0.6) is 11.5 Å². The van der Waals surface area contributed by atoms with Gasteiger partial charge in [-0.2, -0.15) is 0 Å². The van der Waals surface area contributed by atoms with E-state index in [1.165, 1.54) is 25.1 Å². The average Bonchev–Trinajstić information content (AvgIpc) is 2.63. The van der Waals surface area contributed by atoms with Crippen LogP contribution in [0.3, 0.4) is 0 Å². The summed E-state index contributed by atoms with van der Waals surface area (Å²) in [6.45, 7) is 3.01. The van der Waals surface area contributed by atoms with Crippen LogP contribution in [0.25, 0.3) is 0 Å². The number of carboxylic acid groups (broad SMARTS) is 1. The standard InChI is InChI=1S/C12H14O6.C6H4O2S/c1-3-11(17-7(2)13)18-8-4-5-10(14)9(6-8)12(15)16;7-9(8)5-2-1-3-6(9)4-5/h4-6,11,14H,3H2,1-2H3,(H,15,16);1-4H. The lowest BCUT2D eigenvalue weighted by molar-refractivity contribution is -0.161. The zero-order chi connectivity index (χ0) is 20.2. The highest BCUT2D eigenvalue weighted by atomic mass is 32.2. The molecular weight excluding hydrogens is 376 g/mol. The van der Waals surface area contributed by atoms with Crippen LogP contribution < -0.4 is 4.74 Å². The molecule has 2 heterocycles. The van der Waals surface area contributed by atoms with Gasteiger partial charge in [-0.15, -0.1) is 0 Å². The number of rotatable bonds is 5. The maximum Gasteiger partial charge on any atom is 0.339 e. The largest absolute Gasteiger partial charge is 0.507 e. The van der Waals surface area contributed by atoms with Crippen LogP contribution in [0.4, 0.5) is 0 Å². The molecule has 2 bridgehead atoms. The summed E-state index contributed by atoms with van der Waals surface area (Å²) in [4.78, 5) is 22.5. The van der Waals surface area contributed by atoms with Crippen LogP contribution >= 0.6 is 0 Å². The summed E-state index contributed by atoms with van der Waals surface area (Å²) in [5.74, 6) is -1.90. The molecule has 27 heavy (non-hydrogen) atoms. The minimum absolute atomic E-state index is 0.207. The van der Waals surface area contributed by atoms with Crippen LogP contribution in [0.15, 0.2) is 52.3 Å². The van der Waals surface area contributed by atoms with Gasteiger partial charge in [0.1, 0.15) is 17.1 Å². The Morgan fingerprint density at radius 3 is 2.15 bits per heavy atom. The molecule has 2 aliphatic heterocycles. The summed E-state index contributed by atoms with van der Waals surface area (Å²) in [7, 11) is -2.93. The molecule has 144 valence electrons. The van der Waals surface area contributed by atoms with Crippen LogP contribution in [-0.4, -0.2) is 36.9 Å². The van der Waals surface area contributed by atoms with Gasteiger partial charge in [-0.3, -0.25) is 4.79 Å². The molecule has 2 aromatic carbocycles. The van der Waals surface area contributed by atoms with Gasteiger partial charge in [-0.1, -0.05) is 13.0 Å². The molecule has 8 nitrogen and oxygen atoms in total. The van der Waals surface area contributed by atoms with Crippen LogP contribution in [0, 0.1) is 0 Å². The molecule has 4 rings (SSSR count). The van der Waals surface area contributed by atoms with Gasteiger partial charge in [-0.25, -0.2) is 13.2 Å². The van der Waals surface area contributed by atoms with Crippen molar-refractivity contribution in [1.82, 2.24) is 0 Å². The number of carboxylic acids is 1. The molecule has 2 aliphatic rings. The lowest BCUT2D eigenvalue weighted by Crippen LogP contribution is -2.22. The Bertz CT molecular complexity index is 932. The zero-order valence-electron chi connectivity index (χ0n) is 14.6. The van der Waals surface area contributed by atoms with Crippen LogP contribution in [-0.2, 0) is 19.4 Å². The first-order valence-electron chi connectivity index (χ1n) is 7.90. The Hall–Kier alpha value is -3.07. The number of carbonyl (C=O) groups is 2. The SMILES string of the molecule is CCC(OC(C)=O)Oc1ccc(O)c(C(=O)O)c1.O=S1(=O)c2cccc1c2. The summed E-state index contributed by atoms with van der Waals surface area (Å²) in [6.07, 6.45) is -0.364. The molecule has 1 unspecified atom stereocenters. The number of fused-ring (bicyclic) bond motifs is 2. The predicted octanol–water partition coefficient (Wildman–Crippen LogP) is 2.60. The van der Waals surface area contributed by atoms with Crippen molar-refractivity contribution in [1.29, 1.82) is 0 Å². The van der Waals surface area contributed by atoms with Gasteiger partial charge in [0.15, 0.2) is 0 Å². The number of ether oxygens (including phenoxy) is 2. The van der Waals surface area contributed by atoms with Gasteiger partial charge in [0.2, 0.25) is 16.1 Å². The predicted molar refractivity (Wildman–Crippen MR) is 93.4 cm³/mol. The van der Waals surface area contributed by atoms with E-state index in [-0.39, 0.29) is 17.1 Å². The van der Waals surface area contributed by atoms with E-state index < -0.39 is 28.1 Å². The number of phenols is 1. The summed E-state index contributed by atoms with van der Waals surface area (Å²) in [5, 5.41) is 18.1. The van der Waals surface area contributed by atoms with E-state index >= 15 is 0 Å². The van der Waals surface area contributed by atoms with Gasteiger partial charge < -0.3 is 19.7 Å². The fourth-order valence-electron chi connectivity index (χ4n) is 2.17. The maximum atomic E-state index is 10.8. The van der Waals surface area contributed by atoms with E-state index in [0.29, 0.717) is 16.2 Å². The zero-order valence-corrected chi connectivity index (χ0v) is 15.4. The van der Waals surface area contributed by atoms with E-state index in [1.807, 2.05) is 0 Å². The summed E-state index contributed by atoms with van der Waals surface area (Å²) < 4.78 is 31.9. The quantitative estimate of drug-likeness (QED) is 0.499. The number of carbonyl (C=O) groups excluding carboxylic acids is 1. The fourth-order valence-corrected chi connectivity index (χ4v) is 3.34. The number of hydrogen-bond donors (Lipinski definition) is 2. The Balaban J connectivity index is 0.000000239. The van der Waals surface area contributed by atoms with Crippen LogP contribution in [0.1, 0.15) is 30.6 Å². The van der Waals surface area contributed by atoms with Crippen molar-refractivity contribution in [2.24, 2.45) is 0 Å². The normalized spacial score (nSPS) is 14.0. The second-order valence-corrected chi connectivity index (χ2v) is 7.48. The Morgan fingerprint density at radius 1 is 1.11 bits per heavy atom. The number of sulfone groups is 1. The smallest absolute Gasteiger partial charge is 0.339 e. The third-order valence-corrected chi connectivity index (χ3v) is 5.27. The van der Waals surface area contributed by atoms with Gasteiger partial charge in [0, 0.05) is 13.3 Å².